The average Bonchev–Trinajstić information content (AvgIpc) is 3.67. The topological polar surface area (TPSA) is 202 Å². The third-order valence-corrected chi connectivity index (χ3v) is 10.2. The molecule has 2 aromatic heterocycles. The number of pyridine rings is 1. The van der Waals surface area contributed by atoms with E-state index in [0.717, 1.165) is 11.3 Å². The van der Waals surface area contributed by atoms with E-state index in [0.29, 0.717) is 54.5 Å². The van der Waals surface area contributed by atoms with Gasteiger partial charge in [0.2, 0.25) is 29.6 Å². The van der Waals surface area contributed by atoms with Crippen LogP contribution in [0.4, 0.5) is 27.9 Å². The summed E-state index contributed by atoms with van der Waals surface area (Å²) in [5, 5.41) is 11.5. The molecule has 0 aliphatic carbocycles. The maximum absolute atomic E-state index is 13.7. The molecule has 0 radical (unpaired) electrons. The van der Waals surface area contributed by atoms with Gasteiger partial charge in [0.1, 0.15) is 29.5 Å². The van der Waals surface area contributed by atoms with Gasteiger partial charge in [0.25, 0.3) is 5.91 Å². The number of likely N-dealkylation sites (N-methyl/N-ethyl adjacent to an activating group) is 1. The first kappa shape index (κ1) is 43.0. The van der Waals surface area contributed by atoms with E-state index in [4.69, 9.17) is 0 Å². The number of nitrogens with zero attached hydrogens (tertiary/aromatic N) is 7. The van der Waals surface area contributed by atoms with Gasteiger partial charge in [-0.25, -0.2) is 9.78 Å². The number of carbonyl (C=O) groups excluding carboxylic acids is 6. The predicted octanol–water partition coefficient (Wildman–Crippen LogP) is 3.43. The third-order valence-electron chi connectivity index (χ3n) is 10.2. The van der Waals surface area contributed by atoms with Crippen molar-refractivity contribution in [3.8, 4) is 0 Å². The van der Waals surface area contributed by atoms with Gasteiger partial charge < -0.3 is 31.1 Å². The summed E-state index contributed by atoms with van der Waals surface area (Å²) in [5.41, 5.74) is 2.37. The van der Waals surface area contributed by atoms with Crippen molar-refractivity contribution in [3.63, 3.8) is 0 Å². The Morgan fingerprint density at radius 1 is 0.983 bits per heavy atom. The molecule has 0 saturated carbocycles. The second-order valence-corrected chi connectivity index (χ2v) is 16.2. The van der Waals surface area contributed by atoms with Gasteiger partial charge in [0, 0.05) is 56.4 Å². The van der Waals surface area contributed by atoms with E-state index in [1.165, 1.54) is 14.7 Å². The van der Waals surface area contributed by atoms with Crippen molar-refractivity contribution >= 4 is 58.7 Å². The summed E-state index contributed by atoms with van der Waals surface area (Å²) in [6.45, 7) is 12.7. The highest BCUT2D eigenvalue weighted by Crippen LogP contribution is 2.33. The quantitative estimate of drug-likeness (QED) is 0.199. The standard InChI is InChI=1S/C41H55N11O6/c1-23(2)18-30(37(56)49(8)9)46-38(57)41(6,7)48-35(54)31-12-11-17-51(31)36(55)26(5)44-34(53)27-15-13-24(3)32(19-27)52-22-28-20-43-39(47-33(28)50(10)40(52)58)45-29-16-14-25(4)42-21-29/h13-16,19-21,23,26,30-31H,11-12,17-18,22H2,1-10H3,(H,44,53)(H,46,57)(H,48,54)(H,43,45,47)/t26?,30?,31-/m0/s1. The smallest absolute Gasteiger partial charge is 0.330 e. The Kier molecular flexibility index (Phi) is 13.0. The number of hydrogen-bond donors (Lipinski definition) is 4. The number of likely N-dealkylation sites (tertiary alicyclic amines) is 1. The van der Waals surface area contributed by atoms with E-state index in [2.05, 4.69) is 36.2 Å². The first-order chi connectivity index (χ1) is 27.3. The molecule has 2 unspecified atom stereocenters. The molecule has 310 valence electrons. The summed E-state index contributed by atoms with van der Waals surface area (Å²) < 4.78 is 0. The van der Waals surface area contributed by atoms with Crippen molar-refractivity contribution in [3.05, 3.63) is 65.1 Å². The number of hydrogen-bond acceptors (Lipinski definition) is 10. The molecule has 1 saturated heterocycles. The molecule has 2 aliphatic rings. The Morgan fingerprint density at radius 2 is 1.71 bits per heavy atom. The molecule has 4 N–H and O–H groups in total. The van der Waals surface area contributed by atoms with Crippen LogP contribution >= 0.6 is 0 Å². The molecule has 3 atom stereocenters. The zero-order valence-corrected chi connectivity index (χ0v) is 35.0. The van der Waals surface area contributed by atoms with E-state index in [1.54, 1.807) is 77.4 Å². The SMILES string of the molecule is Cc1ccc(Nc2ncc3c(n2)N(C)C(=O)N(c2cc(C(=O)NC(C)C(=O)N4CCC[C@H]4C(=O)NC(C)(C)C(=O)NC(CC(C)C)C(=O)N(C)C)ccc2C)C3)cn1. The summed E-state index contributed by atoms with van der Waals surface area (Å²) >= 11 is 0. The van der Waals surface area contributed by atoms with Crippen molar-refractivity contribution in [2.45, 2.75) is 97.9 Å². The molecule has 7 amide bonds. The van der Waals surface area contributed by atoms with Crippen LogP contribution in [-0.2, 0) is 25.7 Å². The lowest BCUT2D eigenvalue weighted by Crippen LogP contribution is -2.62. The molecule has 3 aromatic rings. The number of amides is 7. The van der Waals surface area contributed by atoms with E-state index >= 15 is 0 Å². The summed E-state index contributed by atoms with van der Waals surface area (Å²) in [6.07, 6.45) is 4.69. The maximum Gasteiger partial charge on any atom is 0.330 e. The molecule has 0 bridgehead atoms. The Bertz CT molecular complexity index is 2070. The van der Waals surface area contributed by atoms with E-state index < -0.39 is 47.3 Å². The van der Waals surface area contributed by atoms with Gasteiger partial charge in [-0.2, -0.15) is 4.98 Å². The lowest BCUT2D eigenvalue weighted by atomic mass is 9.99. The van der Waals surface area contributed by atoms with Gasteiger partial charge in [-0.1, -0.05) is 19.9 Å². The number of benzene rings is 1. The molecule has 1 aromatic carbocycles. The Morgan fingerprint density at radius 3 is 2.36 bits per heavy atom. The molecule has 58 heavy (non-hydrogen) atoms. The second kappa shape index (κ2) is 17.6. The zero-order chi connectivity index (χ0) is 42.6. The highest BCUT2D eigenvalue weighted by atomic mass is 16.2. The van der Waals surface area contributed by atoms with Crippen LogP contribution in [0, 0.1) is 19.8 Å². The second-order valence-electron chi connectivity index (χ2n) is 16.2. The maximum atomic E-state index is 13.7. The predicted molar refractivity (Wildman–Crippen MR) is 219 cm³/mol. The number of rotatable bonds is 13. The van der Waals surface area contributed by atoms with Gasteiger partial charge >= 0.3 is 6.03 Å². The highest BCUT2D eigenvalue weighted by Gasteiger charge is 2.41. The van der Waals surface area contributed by atoms with Crippen LogP contribution in [0.5, 0.6) is 0 Å². The molecule has 4 heterocycles. The van der Waals surface area contributed by atoms with Crippen LogP contribution < -0.4 is 31.1 Å². The van der Waals surface area contributed by atoms with Gasteiger partial charge in [-0.3, -0.25) is 38.8 Å². The van der Waals surface area contributed by atoms with Crippen molar-refractivity contribution in [1.82, 2.24) is 40.7 Å². The minimum absolute atomic E-state index is 0.135. The number of nitrogens with one attached hydrogen (secondary N) is 4. The van der Waals surface area contributed by atoms with E-state index in [1.807, 2.05) is 39.8 Å². The summed E-state index contributed by atoms with van der Waals surface area (Å²) in [6, 6.07) is 5.72. The summed E-state index contributed by atoms with van der Waals surface area (Å²) in [5.74, 6) is -1.37. The largest absolute Gasteiger partial charge is 0.347 e. The van der Waals surface area contributed by atoms with Crippen molar-refractivity contribution in [1.29, 1.82) is 0 Å². The van der Waals surface area contributed by atoms with Gasteiger partial charge in [-0.15, -0.1) is 0 Å². The molecule has 2 aliphatic heterocycles. The average molecular weight is 798 g/mol. The first-order valence-corrected chi connectivity index (χ1v) is 19.4. The van der Waals surface area contributed by atoms with Crippen LogP contribution in [0.1, 0.15) is 81.1 Å². The van der Waals surface area contributed by atoms with Crippen LogP contribution in [0.25, 0.3) is 0 Å². The number of anilines is 4. The fourth-order valence-corrected chi connectivity index (χ4v) is 6.95. The van der Waals surface area contributed by atoms with E-state index in [-0.39, 0.29) is 30.0 Å². The van der Waals surface area contributed by atoms with E-state index in [9.17, 15) is 28.8 Å². The molecular formula is C41H55N11O6. The highest BCUT2D eigenvalue weighted by molar-refractivity contribution is 6.07. The molecular weight excluding hydrogens is 743 g/mol. The number of aromatic nitrogens is 3. The summed E-state index contributed by atoms with van der Waals surface area (Å²) in [4.78, 5) is 100.0. The normalized spacial score (nSPS) is 16.4. The third kappa shape index (κ3) is 9.69. The Balaban J connectivity index is 1.23. The zero-order valence-electron chi connectivity index (χ0n) is 35.0. The Labute approximate surface area is 339 Å². The van der Waals surface area contributed by atoms with Crippen LogP contribution in [0.3, 0.4) is 0 Å². The van der Waals surface area contributed by atoms with Gasteiger partial charge in [0.05, 0.1) is 18.4 Å². The van der Waals surface area contributed by atoms with Crippen molar-refractivity contribution < 1.29 is 28.8 Å². The first-order valence-electron chi connectivity index (χ1n) is 19.4. The molecule has 0 spiro atoms. The molecule has 5 rings (SSSR count). The number of aryl methyl sites for hydroxylation is 2. The van der Waals surface area contributed by atoms with Gasteiger partial charge in [-0.05, 0) is 89.6 Å². The molecule has 17 heteroatoms. The fraction of sp³-hybridized carbons (Fsp3) is 0.488. The number of carbonyl (C=O) groups is 6. The minimum Gasteiger partial charge on any atom is -0.347 e. The Hall–Kier alpha value is -6.13. The van der Waals surface area contributed by atoms with Gasteiger partial charge in [0.15, 0.2) is 0 Å². The molecule has 1 fully saturated rings. The number of urea groups is 1. The lowest BCUT2D eigenvalue weighted by molar-refractivity contribution is -0.142. The molecule has 17 nitrogen and oxygen atoms in total. The van der Waals surface area contributed by atoms with Crippen molar-refractivity contribution in [2.75, 3.05) is 42.8 Å². The lowest BCUT2D eigenvalue weighted by Gasteiger charge is -2.35. The van der Waals surface area contributed by atoms with Crippen LogP contribution in [0.15, 0.2) is 42.7 Å². The fourth-order valence-electron chi connectivity index (χ4n) is 6.95. The number of fused-ring (bicyclic) bond motifs is 1. The van der Waals surface area contributed by atoms with Crippen LogP contribution in [0.2, 0.25) is 0 Å². The monoisotopic (exact) mass is 797 g/mol. The minimum atomic E-state index is -1.39. The van der Waals surface area contributed by atoms with Crippen molar-refractivity contribution in [2.24, 2.45) is 5.92 Å². The van der Waals surface area contributed by atoms with Crippen LogP contribution in [-0.4, -0.2) is 112 Å². The summed E-state index contributed by atoms with van der Waals surface area (Å²) in [7, 11) is 4.86.